The number of rotatable bonds is 7. The molecule has 28 heavy (non-hydrogen) atoms. The molecule has 0 bridgehead atoms. The van der Waals surface area contributed by atoms with Crippen LogP contribution in [-0.2, 0) is 4.74 Å². The lowest BCUT2D eigenvalue weighted by atomic mass is 9.95. The lowest BCUT2D eigenvalue weighted by molar-refractivity contribution is 0.0913. The summed E-state index contributed by atoms with van der Waals surface area (Å²) >= 11 is 0. The molecule has 1 fully saturated rings. The van der Waals surface area contributed by atoms with E-state index in [2.05, 4.69) is 58.5 Å². The Kier molecular flexibility index (Phi) is 7.31. The average Bonchev–Trinajstić information content (AvgIpc) is 3.19. The summed E-state index contributed by atoms with van der Waals surface area (Å²) in [6.07, 6.45) is 1.21. The van der Waals surface area contributed by atoms with Crippen LogP contribution in [0.25, 0.3) is 0 Å². The van der Waals surface area contributed by atoms with Crippen LogP contribution in [0.3, 0.4) is 0 Å². The van der Waals surface area contributed by atoms with Crippen LogP contribution in [0.2, 0.25) is 0 Å². The summed E-state index contributed by atoms with van der Waals surface area (Å²) in [5.41, 5.74) is 2.49. The lowest BCUT2D eigenvalue weighted by Gasteiger charge is -2.25. The molecule has 2 atom stereocenters. The van der Waals surface area contributed by atoms with Crippen LogP contribution in [0.4, 0.5) is 0 Å². The highest BCUT2D eigenvalue weighted by atomic mass is 16.5. The number of likely N-dealkylation sites (N-methyl/N-ethyl adjacent to an activating group) is 1. The maximum atomic E-state index is 5.99. The van der Waals surface area contributed by atoms with E-state index in [-0.39, 0.29) is 6.10 Å². The zero-order chi connectivity index (χ0) is 19.8. The highest BCUT2D eigenvalue weighted by molar-refractivity contribution is 5.79. The summed E-state index contributed by atoms with van der Waals surface area (Å²) in [6.45, 7) is 5.10. The van der Waals surface area contributed by atoms with Crippen molar-refractivity contribution in [2.45, 2.75) is 19.4 Å². The van der Waals surface area contributed by atoms with E-state index in [1.165, 1.54) is 11.1 Å². The molecule has 0 amide bonds. The summed E-state index contributed by atoms with van der Waals surface area (Å²) in [6, 6.07) is 18.6. The highest BCUT2D eigenvalue weighted by Gasteiger charge is 2.29. The number of ether oxygens (including phenoxy) is 2. The summed E-state index contributed by atoms with van der Waals surface area (Å²) in [5, 5.41) is 3.51. The molecule has 150 valence electrons. The Hall–Kier alpha value is -2.53. The zero-order valence-electron chi connectivity index (χ0n) is 17.1. The van der Waals surface area contributed by atoms with Gasteiger partial charge in [0, 0.05) is 33.2 Å². The monoisotopic (exact) mass is 381 g/mol. The molecule has 1 heterocycles. The van der Waals surface area contributed by atoms with Gasteiger partial charge in [-0.25, -0.2) is 0 Å². The molecule has 1 saturated heterocycles. The maximum absolute atomic E-state index is 5.99. The first kappa shape index (κ1) is 20.2. The lowest BCUT2D eigenvalue weighted by Crippen LogP contribution is -2.43. The van der Waals surface area contributed by atoms with Crippen molar-refractivity contribution in [3.05, 3.63) is 65.7 Å². The van der Waals surface area contributed by atoms with E-state index in [9.17, 15) is 0 Å². The van der Waals surface area contributed by atoms with Gasteiger partial charge < -0.3 is 19.7 Å². The van der Waals surface area contributed by atoms with E-state index >= 15 is 0 Å². The summed E-state index contributed by atoms with van der Waals surface area (Å²) in [7, 11) is 3.85. The van der Waals surface area contributed by atoms with Crippen molar-refractivity contribution in [1.29, 1.82) is 0 Å². The highest BCUT2D eigenvalue weighted by Crippen LogP contribution is 2.33. The molecular weight excluding hydrogens is 350 g/mol. The molecular formula is C23H31N3O2. The number of benzene rings is 2. The molecule has 1 N–H and O–H groups in total. The van der Waals surface area contributed by atoms with E-state index in [0.717, 1.165) is 37.8 Å². The van der Waals surface area contributed by atoms with E-state index in [1.54, 1.807) is 0 Å². The van der Waals surface area contributed by atoms with E-state index in [4.69, 9.17) is 9.47 Å². The SMILES string of the molecule is CN=C(NCC1CCOC1c1ccccc1)N(C)CCOc1ccc(C)cc1. The fourth-order valence-corrected chi connectivity index (χ4v) is 3.50. The smallest absolute Gasteiger partial charge is 0.193 e. The third kappa shape index (κ3) is 5.49. The van der Waals surface area contributed by atoms with Crippen molar-refractivity contribution < 1.29 is 9.47 Å². The number of guanidine groups is 1. The van der Waals surface area contributed by atoms with Crippen molar-refractivity contribution in [3.63, 3.8) is 0 Å². The van der Waals surface area contributed by atoms with Crippen molar-refractivity contribution in [3.8, 4) is 5.75 Å². The second-order valence-electron chi connectivity index (χ2n) is 7.26. The van der Waals surface area contributed by atoms with Crippen LogP contribution in [0.5, 0.6) is 5.75 Å². The fourth-order valence-electron chi connectivity index (χ4n) is 3.50. The van der Waals surface area contributed by atoms with Gasteiger partial charge in [-0.2, -0.15) is 0 Å². The molecule has 0 aromatic heterocycles. The fraction of sp³-hybridized carbons (Fsp3) is 0.435. The van der Waals surface area contributed by atoms with Crippen molar-refractivity contribution >= 4 is 5.96 Å². The third-order valence-electron chi connectivity index (χ3n) is 5.15. The molecule has 0 radical (unpaired) electrons. The van der Waals surface area contributed by atoms with Gasteiger partial charge in [0.25, 0.3) is 0 Å². The van der Waals surface area contributed by atoms with Gasteiger partial charge in [-0.3, -0.25) is 4.99 Å². The van der Waals surface area contributed by atoms with Crippen LogP contribution in [-0.4, -0.2) is 51.3 Å². The Bertz CT molecular complexity index is 746. The van der Waals surface area contributed by atoms with Gasteiger partial charge >= 0.3 is 0 Å². The van der Waals surface area contributed by atoms with Crippen LogP contribution in [0, 0.1) is 12.8 Å². The zero-order valence-corrected chi connectivity index (χ0v) is 17.1. The molecule has 1 aliphatic heterocycles. The predicted octanol–water partition coefficient (Wildman–Crippen LogP) is 3.66. The molecule has 1 aliphatic rings. The second-order valence-corrected chi connectivity index (χ2v) is 7.26. The van der Waals surface area contributed by atoms with Gasteiger partial charge in [-0.15, -0.1) is 0 Å². The Morgan fingerprint density at radius 3 is 2.64 bits per heavy atom. The Morgan fingerprint density at radius 2 is 1.93 bits per heavy atom. The number of hydrogen-bond acceptors (Lipinski definition) is 3. The largest absolute Gasteiger partial charge is 0.492 e. The number of nitrogens with one attached hydrogen (secondary N) is 1. The molecule has 2 unspecified atom stereocenters. The maximum Gasteiger partial charge on any atom is 0.193 e. The van der Waals surface area contributed by atoms with Crippen LogP contribution >= 0.6 is 0 Å². The number of aryl methyl sites for hydroxylation is 1. The molecule has 0 spiro atoms. The molecule has 5 nitrogen and oxygen atoms in total. The van der Waals surface area contributed by atoms with Gasteiger partial charge in [0.15, 0.2) is 5.96 Å². The van der Waals surface area contributed by atoms with Crippen molar-refractivity contribution in [2.24, 2.45) is 10.9 Å². The predicted molar refractivity (Wildman–Crippen MR) is 114 cm³/mol. The van der Waals surface area contributed by atoms with E-state index in [0.29, 0.717) is 12.5 Å². The summed E-state index contributed by atoms with van der Waals surface area (Å²) in [5.74, 6) is 2.22. The van der Waals surface area contributed by atoms with Crippen LogP contribution in [0.15, 0.2) is 59.6 Å². The number of aliphatic imine (C=N–C) groups is 1. The number of nitrogens with zero attached hydrogens (tertiary/aromatic N) is 2. The van der Waals surface area contributed by atoms with Crippen molar-refractivity contribution in [1.82, 2.24) is 10.2 Å². The van der Waals surface area contributed by atoms with Gasteiger partial charge in [0.1, 0.15) is 12.4 Å². The van der Waals surface area contributed by atoms with Crippen LogP contribution < -0.4 is 10.1 Å². The van der Waals surface area contributed by atoms with E-state index in [1.807, 2.05) is 32.3 Å². The molecule has 5 heteroatoms. The quantitative estimate of drug-likeness (QED) is 0.587. The Labute approximate surface area is 168 Å². The van der Waals surface area contributed by atoms with Crippen LogP contribution in [0.1, 0.15) is 23.7 Å². The first-order chi connectivity index (χ1) is 13.7. The third-order valence-corrected chi connectivity index (χ3v) is 5.15. The molecule has 3 rings (SSSR count). The minimum absolute atomic E-state index is 0.155. The summed E-state index contributed by atoms with van der Waals surface area (Å²) in [4.78, 5) is 6.52. The standard InChI is InChI=1S/C23H31N3O2/c1-18-9-11-21(12-10-18)27-16-14-26(3)23(24-2)25-17-20-13-15-28-22(20)19-7-5-4-6-8-19/h4-12,20,22H,13-17H2,1-3H3,(H,24,25). The van der Waals surface area contributed by atoms with Gasteiger partial charge in [-0.1, -0.05) is 48.0 Å². The Balaban J connectivity index is 1.46. The molecule has 0 saturated carbocycles. The average molecular weight is 382 g/mol. The number of hydrogen-bond donors (Lipinski definition) is 1. The Morgan fingerprint density at radius 1 is 1.18 bits per heavy atom. The summed E-state index contributed by atoms with van der Waals surface area (Å²) < 4.78 is 11.8. The normalized spacial score (nSPS) is 19.5. The van der Waals surface area contributed by atoms with Crippen molar-refractivity contribution in [2.75, 3.05) is 40.4 Å². The van der Waals surface area contributed by atoms with Gasteiger partial charge in [0.05, 0.1) is 12.6 Å². The first-order valence-corrected chi connectivity index (χ1v) is 9.95. The van der Waals surface area contributed by atoms with E-state index < -0.39 is 0 Å². The molecule has 2 aromatic carbocycles. The minimum Gasteiger partial charge on any atom is -0.492 e. The second kappa shape index (κ2) is 10.1. The minimum atomic E-state index is 0.155. The topological polar surface area (TPSA) is 46.1 Å². The molecule has 0 aliphatic carbocycles. The van der Waals surface area contributed by atoms with Gasteiger partial charge in [-0.05, 0) is 31.0 Å². The first-order valence-electron chi connectivity index (χ1n) is 9.95. The molecule has 2 aromatic rings. The van der Waals surface area contributed by atoms with Gasteiger partial charge in [0.2, 0.25) is 0 Å².